The Hall–Kier alpha value is 0.310. The monoisotopic (exact) mass is 201 g/mol. The van der Waals surface area contributed by atoms with Gasteiger partial charge in [0, 0.05) is 17.8 Å². The van der Waals surface area contributed by atoms with Gasteiger partial charge in [0.15, 0.2) is 0 Å². The van der Waals surface area contributed by atoms with Crippen molar-refractivity contribution in [2.24, 2.45) is 0 Å². The first-order chi connectivity index (χ1) is 6.09. The van der Waals surface area contributed by atoms with E-state index in [1.165, 1.54) is 25.9 Å². The molecule has 1 atom stereocenters. The van der Waals surface area contributed by atoms with Gasteiger partial charge in [-0.3, -0.25) is 4.90 Å². The second kappa shape index (κ2) is 5.26. The van der Waals surface area contributed by atoms with Crippen LogP contribution in [-0.2, 0) is 0 Å². The van der Waals surface area contributed by atoms with Crippen LogP contribution in [0, 0.1) is 0 Å². The molecule has 13 heavy (non-hydrogen) atoms. The number of hydrogen-bond donors (Lipinski definition) is 0. The molecule has 1 aliphatic rings. The van der Waals surface area contributed by atoms with E-state index in [0.717, 1.165) is 16.5 Å². The zero-order chi connectivity index (χ0) is 9.84. The molecular formula is C11H23NS. The first-order valence-corrected chi connectivity index (χ1v) is 6.43. The highest BCUT2D eigenvalue weighted by atomic mass is 32.2. The lowest BCUT2D eigenvalue weighted by molar-refractivity contribution is 0.189. The van der Waals surface area contributed by atoms with E-state index < -0.39 is 0 Å². The molecule has 78 valence electrons. The van der Waals surface area contributed by atoms with Crippen LogP contribution >= 0.6 is 11.8 Å². The molecule has 0 amide bonds. The van der Waals surface area contributed by atoms with E-state index in [1.54, 1.807) is 0 Å². The highest BCUT2D eigenvalue weighted by molar-refractivity contribution is 8.00. The summed E-state index contributed by atoms with van der Waals surface area (Å²) in [6.45, 7) is 11.8. The summed E-state index contributed by atoms with van der Waals surface area (Å²) in [4.78, 5) is 2.61. The molecule has 1 aliphatic heterocycles. The minimum absolute atomic E-state index is 0.732. The number of hydrogen-bond acceptors (Lipinski definition) is 2. The zero-order valence-electron chi connectivity index (χ0n) is 9.42. The molecule has 0 radical (unpaired) electrons. The van der Waals surface area contributed by atoms with E-state index in [4.69, 9.17) is 0 Å². The van der Waals surface area contributed by atoms with Crippen LogP contribution in [0.3, 0.4) is 0 Å². The molecule has 0 bridgehead atoms. The highest BCUT2D eigenvalue weighted by Gasteiger charge is 2.22. The Bertz CT molecular complexity index is 145. The molecule has 0 spiro atoms. The van der Waals surface area contributed by atoms with E-state index in [-0.39, 0.29) is 0 Å². The number of thioether (sulfide) groups is 1. The fourth-order valence-corrected chi connectivity index (χ4v) is 3.28. The van der Waals surface area contributed by atoms with Crippen molar-refractivity contribution in [3.63, 3.8) is 0 Å². The maximum Gasteiger partial charge on any atom is 0.0178 e. The van der Waals surface area contributed by atoms with Gasteiger partial charge in [-0.2, -0.15) is 11.8 Å². The molecular weight excluding hydrogens is 178 g/mol. The third-order valence-corrected chi connectivity index (χ3v) is 3.92. The molecule has 1 nitrogen and oxygen atoms in total. The summed E-state index contributed by atoms with van der Waals surface area (Å²) in [6.07, 6.45) is 2.81. The van der Waals surface area contributed by atoms with E-state index in [1.807, 2.05) is 0 Å². The van der Waals surface area contributed by atoms with Crippen LogP contribution in [-0.4, -0.2) is 34.5 Å². The first kappa shape index (κ1) is 11.4. The smallest absolute Gasteiger partial charge is 0.0178 e. The topological polar surface area (TPSA) is 3.24 Å². The average molecular weight is 201 g/mol. The summed E-state index contributed by atoms with van der Waals surface area (Å²) in [5, 5.41) is 1.67. The molecule has 1 unspecified atom stereocenters. The van der Waals surface area contributed by atoms with Crippen LogP contribution in [0.1, 0.15) is 40.5 Å². The van der Waals surface area contributed by atoms with E-state index in [9.17, 15) is 0 Å². The van der Waals surface area contributed by atoms with Crippen LogP contribution in [0.15, 0.2) is 0 Å². The number of nitrogens with zero attached hydrogens (tertiary/aromatic N) is 1. The molecule has 1 heterocycles. The first-order valence-electron chi connectivity index (χ1n) is 5.49. The lowest BCUT2D eigenvalue weighted by atomic mass is 10.1. The molecule has 1 saturated heterocycles. The van der Waals surface area contributed by atoms with Gasteiger partial charge in [-0.05, 0) is 38.5 Å². The zero-order valence-corrected chi connectivity index (χ0v) is 10.2. The van der Waals surface area contributed by atoms with Gasteiger partial charge in [0.05, 0.1) is 0 Å². The number of likely N-dealkylation sites (tertiary alicyclic amines) is 1. The number of piperidine rings is 1. The Morgan fingerprint density at radius 3 is 2.46 bits per heavy atom. The molecule has 0 saturated carbocycles. The Kier molecular flexibility index (Phi) is 4.60. The highest BCUT2D eigenvalue weighted by Crippen LogP contribution is 2.26. The van der Waals surface area contributed by atoms with E-state index in [0.29, 0.717) is 0 Å². The molecule has 1 fully saturated rings. The molecule has 0 aromatic carbocycles. The molecule has 0 N–H and O–H groups in total. The van der Waals surface area contributed by atoms with Crippen molar-refractivity contribution in [1.29, 1.82) is 0 Å². The Balaban J connectivity index is 2.33. The predicted octanol–water partition coefficient (Wildman–Crippen LogP) is 3.00. The quantitative estimate of drug-likeness (QED) is 0.690. The minimum atomic E-state index is 0.732. The minimum Gasteiger partial charge on any atom is -0.300 e. The van der Waals surface area contributed by atoms with Gasteiger partial charge in [-0.1, -0.05) is 13.8 Å². The van der Waals surface area contributed by atoms with Gasteiger partial charge in [-0.15, -0.1) is 0 Å². The molecule has 0 aromatic rings. The SMILES string of the molecule is CC(C)SC1CCCN(C(C)C)C1. The van der Waals surface area contributed by atoms with Crippen LogP contribution < -0.4 is 0 Å². The van der Waals surface area contributed by atoms with Crippen molar-refractivity contribution < 1.29 is 0 Å². The summed E-state index contributed by atoms with van der Waals surface area (Å²) in [6, 6.07) is 0.732. The van der Waals surface area contributed by atoms with Gasteiger partial charge < -0.3 is 0 Å². The van der Waals surface area contributed by atoms with Crippen LogP contribution in [0.4, 0.5) is 0 Å². The van der Waals surface area contributed by atoms with E-state index in [2.05, 4.69) is 44.4 Å². The summed E-state index contributed by atoms with van der Waals surface area (Å²) in [7, 11) is 0. The average Bonchev–Trinajstić information content (AvgIpc) is 2.03. The fourth-order valence-electron chi connectivity index (χ4n) is 1.93. The van der Waals surface area contributed by atoms with Gasteiger partial charge in [0.1, 0.15) is 0 Å². The van der Waals surface area contributed by atoms with Crippen molar-refractivity contribution in [1.82, 2.24) is 4.90 Å². The third kappa shape index (κ3) is 3.90. The molecule has 2 heteroatoms. The molecule has 0 aliphatic carbocycles. The summed E-state index contributed by atoms with van der Waals surface area (Å²) in [5.41, 5.74) is 0. The van der Waals surface area contributed by atoms with Crippen molar-refractivity contribution in [2.75, 3.05) is 13.1 Å². The third-order valence-electron chi connectivity index (χ3n) is 2.60. The maximum absolute atomic E-state index is 2.61. The molecule has 1 rings (SSSR count). The van der Waals surface area contributed by atoms with Gasteiger partial charge in [-0.25, -0.2) is 0 Å². The van der Waals surface area contributed by atoms with Crippen molar-refractivity contribution in [3.05, 3.63) is 0 Å². The van der Waals surface area contributed by atoms with Gasteiger partial charge in [0.25, 0.3) is 0 Å². The van der Waals surface area contributed by atoms with Crippen molar-refractivity contribution in [2.45, 2.75) is 57.1 Å². The second-order valence-corrected chi connectivity index (χ2v) is 6.42. The Morgan fingerprint density at radius 2 is 1.92 bits per heavy atom. The van der Waals surface area contributed by atoms with Crippen molar-refractivity contribution >= 4 is 11.8 Å². The van der Waals surface area contributed by atoms with Gasteiger partial charge >= 0.3 is 0 Å². The maximum atomic E-state index is 2.61. The normalized spacial score (nSPS) is 25.8. The standard InChI is InChI=1S/C11H23NS/c1-9(2)12-7-5-6-11(8-12)13-10(3)4/h9-11H,5-8H2,1-4H3. The Labute approximate surface area is 87.3 Å². The summed E-state index contributed by atoms with van der Waals surface area (Å²) in [5.74, 6) is 0. The number of rotatable bonds is 3. The summed E-state index contributed by atoms with van der Waals surface area (Å²) < 4.78 is 0. The lowest BCUT2D eigenvalue weighted by Gasteiger charge is -2.35. The fraction of sp³-hybridized carbons (Fsp3) is 1.00. The van der Waals surface area contributed by atoms with Crippen LogP contribution in [0.5, 0.6) is 0 Å². The Morgan fingerprint density at radius 1 is 1.23 bits per heavy atom. The summed E-state index contributed by atoms with van der Waals surface area (Å²) >= 11 is 2.15. The molecule has 0 aromatic heterocycles. The van der Waals surface area contributed by atoms with E-state index >= 15 is 0 Å². The van der Waals surface area contributed by atoms with Crippen LogP contribution in [0.25, 0.3) is 0 Å². The largest absolute Gasteiger partial charge is 0.300 e. The second-order valence-electron chi connectivity index (χ2n) is 4.54. The van der Waals surface area contributed by atoms with Crippen LogP contribution in [0.2, 0.25) is 0 Å². The lowest BCUT2D eigenvalue weighted by Crippen LogP contribution is -2.41. The predicted molar refractivity (Wildman–Crippen MR) is 62.5 cm³/mol. The van der Waals surface area contributed by atoms with Crippen molar-refractivity contribution in [3.8, 4) is 0 Å². The van der Waals surface area contributed by atoms with Gasteiger partial charge in [0.2, 0.25) is 0 Å².